The molecule has 3 heteroatoms. The SMILES string of the molecule is CC(C)CCC[C@@H](C)[C@H]1C(Oc2ccc(OC3C[C@H]4[C@@H]5CCC6CCCC[C@]6(C)[C@H]5CC[C@]4(C)[C@H]3[C@H](C)CCCC(C)C)c(CO)c2)C[C@H]2[C@@H]3CCC4CCCC[C@]4(C)[C@H]3CC[C@]12C. The van der Waals surface area contributed by atoms with E-state index in [1.807, 2.05) is 0 Å². The van der Waals surface area contributed by atoms with Gasteiger partial charge in [0.1, 0.15) is 23.7 Å². The Morgan fingerprint density at radius 1 is 0.531 bits per heavy atom. The van der Waals surface area contributed by atoms with Crippen LogP contribution in [0.5, 0.6) is 11.5 Å². The lowest BCUT2D eigenvalue weighted by molar-refractivity contribution is -0.115. The fraction of sp³-hybridized carbons (Fsp3) is 0.902. The number of benzene rings is 1. The highest BCUT2D eigenvalue weighted by Crippen LogP contribution is 2.71. The van der Waals surface area contributed by atoms with Gasteiger partial charge in [0.2, 0.25) is 0 Å². The van der Waals surface area contributed by atoms with E-state index in [1.165, 1.54) is 154 Å². The highest BCUT2D eigenvalue weighted by molar-refractivity contribution is 5.40. The number of rotatable bonds is 15. The molecule has 0 radical (unpaired) electrons. The van der Waals surface area contributed by atoms with Gasteiger partial charge in [-0.1, -0.05) is 133 Å². The maximum absolute atomic E-state index is 11.2. The van der Waals surface area contributed by atoms with Gasteiger partial charge in [-0.05, 0) is 201 Å². The molecule has 8 fully saturated rings. The largest absolute Gasteiger partial charge is 0.490 e. The van der Waals surface area contributed by atoms with Gasteiger partial charge >= 0.3 is 0 Å². The number of aliphatic hydroxyl groups excluding tert-OH is 1. The first kappa shape index (κ1) is 47.8. The first-order valence-electron chi connectivity index (χ1n) is 28.7. The Morgan fingerprint density at radius 3 is 1.48 bits per heavy atom. The molecule has 0 spiro atoms. The molecule has 4 unspecified atom stereocenters. The van der Waals surface area contributed by atoms with Crippen LogP contribution in [0.2, 0.25) is 0 Å². The van der Waals surface area contributed by atoms with Crippen molar-refractivity contribution in [3.63, 3.8) is 0 Å². The van der Waals surface area contributed by atoms with Crippen LogP contribution in [0.1, 0.15) is 229 Å². The van der Waals surface area contributed by atoms with Crippen LogP contribution in [0.3, 0.4) is 0 Å². The summed E-state index contributed by atoms with van der Waals surface area (Å²) in [6, 6.07) is 6.69. The Hall–Kier alpha value is -1.22. The van der Waals surface area contributed by atoms with Crippen molar-refractivity contribution < 1.29 is 14.6 Å². The van der Waals surface area contributed by atoms with Crippen molar-refractivity contribution in [3.8, 4) is 11.5 Å². The first-order chi connectivity index (χ1) is 30.6. The quantitative estimate of drug-likeness (QED) is 0.191. The summed E-state index contributed by atoms with van der Waals surface area (Å²) in [7, 11) is 0. The predicted octanol–water partition coefficient (Wildman–Crippen LogP) is 16.9. The molecule has 8 aliphatic carbocycles. The monoisotopic (exact) mass is 881 g/mol. The third kappa shape index (κ3) is 8.51. The molecule has 1 aromatic carbocycles. The number of hydrogen-bond acceptors (Lipinski definition) is 3. The molecule has 1 N–H and O–H groups in total. The van der Waals surface area contributed by atoms with Crippen LogP contribution in [-0.2, 0) is 6.61 Å². The van der Waals surface area contributed by atoms with E-state index < -0.39 is 0 Å². The van der Waals surface area contributed by atoms with E-state index in [4.69, 9.17) is 9.47 Å². The molecule has 3 nitrogen and oxygen atoms in total. The fourth-order valence-corrected chi connectivity index (χ4v) is 20.2. The lowest BCUT2D eigenvalue weighted by atomic mass is 9.44. The minimum Gasteiger partial charge on any atom is -0.490 e. The van der Waals surface area contributed by atoms with Crippen molar-refractivity contribution in [2.75, 3.05) is 0 Å². The fourth-order valence-electron chi connectivity index (χ4n) is 20.2. The highest BCUT2D eigenvalue weighted by Gasteiger charge is 2.65. The van der Waals surface area contributed by atoms with Crippen molar-refractivity contribution in [2.24, 2.45) is 105 Å². The van der Waals surface area contributed by atoms with Gasteiger partial charge in [0.25, 0.3) is 0 Å². The number of hydrogen-bond donors (Lipinski definition) is 1. The molecule has 8 aliphatic rings. The van der Waals surface area contributed by atoms with E-state index in [0.717, 1.165) is 76.2 Å². The van der Waals surface area contributed by atoms with E-state index in [1.54, 1.807) is 0 Å². The standard InChI is InChI=1S/C61H100O3/c1-39(2)17-15-19-41(5)56-54(36-51-47-26-23-44-21-11-13-31-58(44,7)49(47)29-33-60(51,56)9)63-46-25-28-53(43(35-46)38-62)64-55-37-52-48-27-24-45-22-12-14-32-59(45,8)50(48)30-34-61(52,10)57(55)42(6)20-16-18-40(3)4/h25,28,35,39-42,44-45,47-52,54-57,62H,11-24,26-27,29-34,36-38H2,1-10H3/t41-,42-,44?,45?,47-,48-,49+,50+,51+,52+,54?,55?,56+,57+,58+,59+,60+,61+/m1/s1. The third-order valence-electron chi connectivity index (χ3n) is 23.2. The molecular weight excluding hydrogens is 781 g/mol. The smallest absolute Gasteiger partial charge is 0.125 e. The minimum absolute atomic E-state index is 0.00252. The van der Waals surface area contributed by atoms with Crippen molar-refractivity contribution in [1.29, 1.82) is 0 Å². The second kappa shape index (κ2) is 18.9. The Kier molecular flexibility index (Phi) is 14.2. The molecular formula is C61H100O3. The molecule has 0 aliphatic heterocycles. The van der Waals surface area contributed by atoms with Crippen LogP contribution < -0.4 is 9.47 Å². The number of aliphatic hydroxyl groups is 1. The zero-order valence-electron chi connectivity index (χ0n) is 43.4. The summed E-state index contributed by atoms with van der Waals surface area (Å²) in [5, 5.41) is 11.2. The Morgan fingerprint density at radius 2 is 1.02 bits per heavy atom. The maximum Gasteiger partial charge on any atom is 0.125 e. The molecule has 9 rings (SSSR count). The van der Waals surface area contributed by atoms with Gasteiger partial charge in [0.15, 0.2) is 0 Å². The Balaban J connectivity index is 0.967. The molecule has 64 heavy (non-hydrogen) atoms. The molecule has 1 aromatic rings. The van der Waals surface area contributed by atoms with Gasteiger partial charge in [-0.15, -0.1) is 0 Å². The number of fused-ring (bicyclic) bond motifs is 10. The topological polar surface area (TPSA) is 38.7 Å². The molecule has 0 aromatic heterocycles. The average Bonchev–Trinajstić information content (AvgIpc) is 3.73. The van der Waals surface area contributed by atoms with Gasteiger partial charge in [0, 0.05) is 17.4 Å². The zero-order valence-corrected chi connectivity index (χ0v) is 43.4. The third-order valence-corrected chi connectivity index (χ3v) is 23.2. The molecule has 0 heterocycles. The van der Waals surface area contributed by atoms with Crippen LogP contribution in [0, 0.1) is 105 Å². The van der Waals surface area contributed by atoms with Gasteiger partial charge in [-0.25, -0.2) is 0 Å². The van der Waals surface area contributed by atoms with Crippen LogP contribution in [-0.4, -0.2) is 17.3 Å². The van der Waals surface area contributed by atoms with E-state index >= 15 is 0 Å². The van der Waals surface area contributed by atoms with Crippen LogP contribution in [0.25, 0.3) is 0 Å². The maximum atomic E-state index is 11.2. The summed E-state index contributed by atoms with van der Waals surface area (Å²) >= 11 is 0. The van der Waals surface area contributed by atoms with Crippen molar-refractivity contribution in [2.45, 2.75) is 242 Å². The van der Waals surface area contributed by atoms with Gasteiger partial charge in [-0.3, -0.25) is 0 Å². The Bertz CT molecular complexity index is 1720. The summed E-state index contributed by atoms with van der Waals surface area (Å²) in [4.78, 5) is 0. The van der Waals surface area contributed by atoms with Gasteiger partial charge < -0.3 is 14.6 Å². The first-order valence-corrected chi connectivity index (χ1v) is 28.7. The molecule has 8 saturated carbocycles. The number of ether oxygens (including phenoxy) is 2. The average molecular weight is 881 g/mol. The van der Waals surface area contributed by atoms with E-state index in [2.05, 4.69) is 87.4 Å². The summed E-state index contributed by atoms with van der Waals surface area (Å²) < 4.78 is 14.9. The van der Waals surface area contributed by atoms with Crippen LogP contribution in [0.15, 0.2) is 18.2 Å². The van der Waals surface area contributed by atoms with Crippen LogP contribution >= 0.6 is 0 Å². The van der Waals surface area contributed by atoms with Gasteiger partial charge in [-0.2, -0.15) is 0 Å². The summed E-state index contributed by atoms with van der Waals surface area (Å²) in [6.45, 7) is 25.7. The predicted molar refractivity (Wildman–Crippen MR) is 267 cm³/mol. The van der Waals surface area contributed by atoms with Crippen LogP contribution in [0.4, 0.5) is 0 Å². The van der Waals surface area contributed by atoms with E-state index in [-0.39, 0.29) is 18.8 Å². The molecule has 18 atom stereocenters. The lowest BCUT2D eigenvalue weighted by Crippen LogP contribution is -2.53. The second-order valence-corrected chi connectivity index (χ2v) is 27.3. The Labute approximate surface area is 394 Å². The van der Waals surface area contributed by atoms with Crippen molar-refractivity contribution in [3.05, 3.63) is 23.8 Å². The molecule has 0 saturated heterocycles. The van der Waals surface area contributed by atoms with Gasteiger partial charge in [0.05, 0.1) is 6.61 Å². The highest BCUT2D eigenvalue weighted by atomic mass is 16.5. The molecule has 0 amide bonds. The normalized spacial score (nSPS) is 44.8. The summed E-state index contributed by atoms with van der Waals surface area (Å²) in [5.41, 5.74) is 2.70. The lowest BCUT2D eigenvalue weighted by Gasteiger charge is -2.60. The zero-order chi connectivity index (χ0) is 45.2. The second-order valence-electron chi connectivity index (χ2n) is 27.3. The van der Waals surface area contributed by atoms with Crippen molar-refractivity contribution >= 4 is 0 Å². The summed E-state index contributed by atoms with van der Waals surface area (Å²) in [5.74, 6) is 12.8. The molecule has 0 bridgehead atoms. The van der Waals surface area contributed by atoms with E-state index in [9.17, 15) is 5.11 Å². The van der Waals surface area contributed by atoms with E-state index in [0.29, 0.717) is 45.3 Å². The summed E-state index contributed by atoms with van der Waals surface area (Å²) in [6.07, 6.45) is 33.9. The minimum atomic E-state index is 0.00252. The molecule has 362 valence electrons. The van der Waals surface area contributed by atoms with Crippen molar-refractivity contribution in [1.82, 2.24) is 0 Å².